The highest BCUT2D eigenvalue weighted by molar-refractivity contribution is 6.32. The van der Waals surface area contributed by atoms with Crippen LogP contribution < -0.4 is 19.5 Å². The maximum absolute atomic E-state index is 13.8. The maximum Gasteiger partial charge on any atom is 0.323 e. The number of rotatable bonds is 16. The van der Waals surface area contributed by atoms with Crippen molar-refractivity contribution in [1.82, 2.24) is 15.2 Å². The molecule has 54 heavy (non-hydrogen) atoms. The summed E-state index contributed by atoms with van der Waals surface area (Å²) in [5.41, 5.74) is 7.18. The fourth-order valence-electron chi connectivity index (χ4n) is 7.29. The number of aliphatic hydroxyl groups excluding tert-OH is 1. The fourth-order valence-corrected chi connectivity index (χ4v) is 7.52. The van der Waals surface area contributed by atoms with E-state index < -0.39 is 24.3 Å². The van der Waals surface area contributed by atoms with Crippen molar-refractivity contribution >= 4 is 17.6 Å². The largest absolute Gasteiger partial charge is 0.493 e. The van der Waals surface area contributed by atoms with E-state index >= 15 is 0 Å². The first kappa shape index (κ1) is 39.0. The van der Waals surface area contributed by atoms with Crippen molar-refractivity contribution in [3.63, 3.8) is 0 Å². The Bertz CT molecular complexity index is 1990. The van der Waals surface area contributed by atoms with Gasteiger partial charge in [0, 0.05) is 49.2 Å². The highest BCUT2D eigenvalue weighted by Crippen LogP contribution is 2.44. The van der Waals surface area contributed by atoms with Gasteiger partial charge in [0.2, 0.25) is 0 Å². The van der Waals surface area contributed by atoms with Gasteiger partial charge in [0.05, 0.1) is 23.3 Å². The monoisotopic (exact) mass is 756 g/mol. The third kappa shape index (κ3) is 9.49. The number of hydrogen-bond donors (Lipinski definition) is 3. The number of aromatic nitrogens is 1. The first-order valence-electron chi connectivity index (χ1n) is 18.4. The Balaban J connectivity index is 1.19. The molecule has 0 amide bonds. The third-order valence-corrected chi connectivity index (χ3v) is 10.4. The molecule has 0 radical (unpaired) electrons. The van der Waals surface area contributed by atoms with Gasteiger partial charge in [-0.15, -0.1) is 0 Å². The van der Waals surface area contributed by atoms with Crippen molar-refractivity contribution in [2.45, 2.75) is 83.5 Å². The molecule has 3 N–H and O–H groups in total. The number of carboxylic acid groups (broad SMARTS) is 1. The van der Waals surface area contributed by atoms with Gasteiger partial charge in [0.25, 0.3) is 0 Å². The summed E-state index contributed by atoms with van der Waals surface area (Å²) in [4.78, 5) is 18.0. The molecule has 284 valence electrons. The number of nitrogens with one attached hydrogen (secondary N) is 1. The van der Waals surface area contributed by atoms with Crippen LogP contribution in [0.25, 0.3) is 11.1 Å². The van der Waals surface area contributed by atoms with Crippen LogP contribution in [0.15, 0.2) is 67.0 Å². The summed E-state index contributed by atoms with van der Waals surface area (Å²) in [6.45, 7) is 6.46. The lowest BCUT2D eigenvalue weighted by molar-refractivity contribution is -0.142. The molecule has 0 bridgehead atoms. The van der Waals surface area contributed by atoms with Gasteiger partial charge in [-0.1, -0.05) is 41.9 Å². The number of nitriles is 1. The Labute approximate surface area is 320 Å². The van der Waals surface area contributed by atoms with E-state index in [2.05, 4.69) is 46.4 Å². The molecule has 12 heteroatoms. The molecule has 0 unspecified atom stereocenters. The van der Waals surface area contributed by atoms with Crippen LogP contribution in [0.2, 0.25) is 5.02 Å². The number of carbonyl (C=O) groups is 1. The number of hydrogen-bond acceptors (Lipinski definition) is 9. The highest BCUT2D eigenvalue weighted by Gasteiger charge is 2.29. The number of alkyl halides is 1. The van der Waals surface area contributed by atoms with Crippen molar-refractivity contribution in [2.75, 3.05) is 26.2 Å². The fraction of sp³-hybridized carbons (Fsp3) is 0.405. The first-order valence-corrected chi connectivity index (χ1v) is 18.8. The number of carboxylic acids is 1. The standard InChI is InChI=1S/C42H46ClFN4O6/c1-26-32(8-4-11-37(26)52-16-6-15-48-14-5-7-31(44)24-48)33-9-3-10-35-34(33)12-13-38(35)54-40-19-39(53-25-29-17-28(20-45)21-46-22-29)30(18-36(40)43)23-47-41(27(2)49)42(50)51/h3-4,8-11,17-19,21-22,27,31,38,41,47,49H,5-7,12-16,23-25H2,1-2H3,(H,50,51)/t27-,31+,38+,41+/m1/s1. The normalized spacial score (nSPS) is 18.0. The molecule has 0 spiro atoms. The van der Waals surface area contributed by atoms with E-state index in [1.54, 1.807) is 24.4 Å². The first-order chi connectivity index (χ1) is 26.1. The van der Waals surface area contributed by atoms with Gasteiger partial charge < -0.3 is 29.3 Å². The van der Waals surface area contributed by atoms with Crippen LogP contribution in [0.1, 0.15) is 72.1 Å². The lowest BCUT2D eigenvalue weighted by atomic mass is 9.93. The van der Waals surface area contributed by atoms with Gasteiger partial charge in [-0.2, -0.15) is 5.26 Å². The maximum atomic E-state index is 13.8. The minimum Gasteiger partial charge on any atom is -0.493 e. The molecule has 1 saturated heterocycles. The van der Waals surface area contributed by atoms with Gasteiger partial charge in [-0.05, 0) is 98.5 Å². The zero-order valence-corrected chi connectivity index (χ0v) is 31.3. The van der Waals surface area contributed by atoms with Crippen molar-refractivity contribution in [1.29, 1.82) is 5.26 Å². The molecular weight excluding hydrogens is 711 g/mol. The summed E-state index contributed by atoms with van der Waals surface area (Å²) < 4.78 is 32.9. The van der Waals surface area contributed by atoms with Gasteiger partial charge in [-0.3, -0.25) is 15.1 Å². The number of benzene rings is 3. The summed E-state index contributed by atoms with van der Waals surface area (Å²) in [7, 11) is 0. The van der Waals surface area contributed by atoms with Crippen molar-refractivity contribution < 1.29 is 33.6 Å². The van der Waals surface area contributed by atoms with E-state index in [-0.39, 0.29) is 19.3 Å². The van der Waals surface area contributed by atoms with E-state index in [1.807, 2.05) is 18.2 Å². The number of nitrogens with zero attached hydrogens (tertiary/aromatic N) is 3. The summed E-state index contributed by atoms with van der Waals surface area (Å²) in [5, 5.41) is 32.1. The zero-order valence-electron chi connectivity index (χ0n) is 30.6. The number of aliphatic hydroxyl groups is 1. The quantitative estimate of drug-likeness (QED) is 0.0996. The summed E-state index contributed by atoms with van der Waals surface area (Å²) in [6.07, 6.45) is 4.85. The lowest BCUT2D eigenvalue weighted by Gasteiger charge is -2.28. The Kier molecular flexibility index (Phi) is 13.0. The number of ether oxygens (including phenoxy) is 3. The number of piperidine rings is 1. The molecule has 1 aliphatic carbocycles. The van der Waals surface area contributed by atoms with E-state index in [1.165, 1.54) is 18.7 Å². The van der Waals surface area contributed by atoms with Gasteiger partial charge in [-0.25, -0.2) is 4.39 Å². The molecule has 2 aliphatic rings. The summed E-state index contributed by atoms with van der Waals surface area (Å²) >= 11 is 6.82. The van der Waals surface area contributed by atoms with Crippen molar-refractivity contribution in [3.05, 3.63) is 105 Å². The predicted molar refractivity (Wildman–Crippen MR) is 204 cm³/mol. The SMILES string of the molecule is Cc1c(OCCCN2CCC[C@H](F)C2)cccc1-c1cccc2c1CC[C@@H]2Oc1cc(OCc2cncc(C#N)c2)c(CN[C@H](C(=O)O)[C@@H](C)O)cc1Cl. The molecule has 2 heterocycles. The van der Waals surface area contributed by atoms with Crippen molar-refractivity contribution in [2.24, 2.45) is 0 Å². The molecule has 1 aliphatic heterocycles. The van der Waals surface area contributed by atoms with E-state index in [4.69, 9.17) is 25.8 Å². The minimum absolute atomic E-state index is 0.0451. The molecular formula is C42H46ClFN4O6. The van der Waals surface area contributed by atoms with Crippen LogP contribution in [0.4, 0.5) is 4.39 Å². The Morgan fingerprint density at radius 2 is 1.93 bits per heavy atom. The van der Waals surface area contributed by atoms with Gasteiger partial charge in [0.1, 0.15) is 48.2 Å². The third-order valence-electron chi connectivity index (χ3n) is 10.1. The molecule has 10 nitrogen and oxygen atoms in total. The summed E-state index contributed by atoms with van der Waals surface area (Å²) in [5.74, 6) is 0.463. The number of likely N-dealkylation sites (tertiary alicyclic amines) is 1. The average molecular weight is 757 g/mol. The Morgan fingerprint density at radius 1 is 1.11 bits per heavy atom. The predicted octanol–water partition coefficient (Wildman–Crippen LogP) is 7.35. The second-order valence-electron chi connectivity index (χ2n) is 14.0. The second-order valence-corrected chi connectivity index (χ2v) is 14.4. The number of aliphatic carboxylic acids is 1. The Hall–Kier alpha value is -4.73. The van der Waals surface area contributed by atoms with Crippen LogP contribution in [0.5, 0.6) is 17.2 Å². The zero-order chi connectivity index (χ0) is 38.2. The van der Waals surface area contributed by atoms with E-state index in [0.717, 1.165) is 66.8 Å². The average Bonchev–Trinajstić information content (AvgIpc) is 3.57. The smallest absolute Gasteiger partial charge is 0.323 e. The van der Waals surface area contributed by atoms with Crippen LogP contribution in [0, 0.1) is 18.3 Å². The lowest BCUT2D eigenvalue weighted by Crippen LogP contribution is -2.44. The highest BCUT2D eigenvalue weighted by atomic mass is 35.5. The van der Waals surface area contributed by atoms with Crippen LogP contribution in [0.3, 0.4) is 0 Å². The molecule has 3 aromatic carbocycles. The Morgan fingerprint density at radius 3 is 2.70 bits per heavy atom. The second kappa shape index (κ2) is 18.1. The van der Waals surface area contributed by atoms with Gasteiger partial charge in [0.15, 0.2) is 0 Å². The molecule has 1 fully saturated rings. The van der Waals surface area contributed by atoms with E-state index in [0.29, 0.717) is 52.8 Å². The van der Waals surface area contributed by atoms with Crippen molar-refractivity contribution in [3.8, 4) is 34.4 Å². The number of halogens is 2. The minimum atomic E-state index is -1.21. The molecule has 1 aromatic heterocycles. The van der Waals surface area contributed by atoms with Crippen LogP contribution in [-0.2, 0) is 24.4 Å². The number of fused-ring (bicyclic) bond motifs is 1. The molecule has 6 rings (SSSR count). The van der Waals surface area contributed by atoms with Gasteiger partial charge >= 0.3 is 5.97 Å². The summed E-state index contributed by atoms with van der Waals surface area (Å²) in [6, 6.07) is 18.3. The van der Waals surface area contributed by atoms with Crippen LogP contribution in [-0.4, -0.2) is 70.6 Å². The number of pyridine rings is 1. The molecule has 4 atom stereocenters. The molecule has 0 saturated carbocycles. The van der Waals surface area contributed by atoms with E-state index in [9.17, 15) is 24.7 Å². The molecule has 4 aromatic rings. The van der Waals surface area contributed by atoms with Crippen LogP contribution >= 0.6 is 11.6 Å². The topological polar surface area (TPSA) is 137 Å².